The Kier molecular flexibility index (Phi) is 1.65. The minimum atomic E-state index is 0.0752. The second-order valence-electron chi connectivity index (χ2n) is 3.31. The SMILES string of the molecule is Cc1cc2c(o1)CCCC2C#N. The zero-order valence-electron chi connectivity index (χ0n) is 7.13. The van der Waals surface area contributed by atoms with Crippen LogP contribution < -0.4 is 0 Å². The van der Waals surface area contributed by atoms with Gasteiger partial charge in [0.1, 0.15) is 11.5 Å². The Morgan fingerprint density at radius 1 is 1.67 bits per heavy atom. The van der Waals surface area contributed by atoms with Crippen LogP contribution in [0.25, 0.3) is 0 Å². The summed E-state index contributed by atoms with van der Waals surface area (Å²) in [7, 11) is 0. The number of hydrogen-bond acceptors (Lipinski definition) is 2. The van der Waals surface area contributed by atoms with Gasteiger partial charge in [-0.15, -0.1) is 0 Å². The van der Waals surface area contributed by atoms with Gasteiger partial charge in [-0.2, -0.15) is 5.26 Å². The summed E-state index contributed by atoms with van der Waals surface area (Å²) < 4.78 is 5.49. The molecular formula is C10H11NO. The Hall–Kier alpha value is -1.23. The standard InChI is InChI=1S/C10H11NO/c1-7-5-9-8(6-11)3-2-4-10(9)12-7/h5,8H,2-4H2,1H3. The second-order valence-corrected chi connectivity index (χ2v) is 3.31. The number of furan rings is 1. The van der Waals surface area contributed by atoms with Gasteiger partial charge < -0.3 is 4.42 Å². The molecule has 2 heteroatoms. The van der Waals surface area contributed by atoms with Crippen LogP contribution in [0, 0.1) is 18.3 Å². The maximum absolute atomic E-state index is 8.86. The molecule has 1 atom stereocenters. The van der Waals surface area contributed by atoms with E-state index in [0.29, 0.717) is 0 Å². The Bertz CT molecular complexity index is 332. The van der Waals surface area contributed by atoms with Gasteiger partial charge in [0.25, 0.3) is 0 Å². The first-order chi connectivity index (χ1) is 5.81. The molecule has 2 nitrogen and oxygen atoms in total. The summed E-state index contributed by atoms with van der Waals surface area (Å²) in [5.41, 5.74) is 1.13. The molecule has 0 bridgehead atoms. The third-order valence-electron chi connectivity index (χ3n) is 2.39. The molecule has 0 amide bonds. The van der Waals surface area contributed by atoms with Crippen molar-refractivity contribution in [3.63, 3.8) is 0 Å². The monoisotopic (exact) mass is 161 g/mol. The van der Waals surface area contributed by atoms with Crippen LogP contribution in [0.5, 0.6) is 0 Å². The number of nitriles is 1. The summed E-state index contributed by atoms with van der Waals surface area (Å²) in [6.45, 7) is 1.94. The largest absolute Gasteiger partial charge is 0.466 e. The first kappa shape index (κ1) is 7.42. The molecule has 0 aliphatic heterocycles. The summed E-state index contributed by atoms with van der Waals surface area (Å²) in [5, 5.41) is 8.86. The average molecular weight is 161 g/mol. The third-order valence-corrected chi connectivity index (χ3v) is 2.39. The van der Waals surface area contributed by atoms with Crippen LogP contribution in [0.15, 0.2) is 10.5 Å². The van der Waals surface area contributed by atoms with E-state index in [9.17, 15) is 0 Å². The fourth-order valence-corrected chi connectivity index (χ4v) is 1.83. The molecule has 1 heterocycles. The molecule has 12 heavy (non-hydrogen) atoms. The molecule has 0 N–H and O–H groups in total. The lowest BCUT2D eigenvalue weighted by Gasteiger charge is -2.13. The molecule has 1 aliphatic rings. The molecule has 0 aromatic carbocycles. The van der Waals surface area contributed by atoms with Gasteiger partial charge in [0, 0.05) is 12.0 Å². The van der Waals surface area contributed by atoms with Crippen molar-refractivity contribution in [3.8, 4) is 6.07 Å². The van der Waals surface area contributed by atoms with Crippen LogP contribution >= 0.6 is 0 Å². The molecule has 0 saturated carbocycles. The predicted molar refractivity (Wildman–Crippen MR) is 44.7 cm³/mol. The van der Waals surface area contributed by atoms with Crippen LogP contribution in [0.1, 0.15) is 35.8 Å². The van der Waals surface area contributed by atoms with E-state index in [1.807, 2.05) is 13.0 Å². The van der Waals surface area contributed by atoms with Crippen LogP contribution in [0.3, 0.4) is 0 Å². The van der Waals surface area contributed by atoms with E-state index in [4.69, 9.17) is 9.68 Å². The highest BCUT2D eigenvalue weighted by atomic mass is 16.3. The highest BCUT2D eigenvalue weighted by Crippen LogP contribution is 2.32. The highest BCUT2D eigenvalue weighted by Gasteiger charge is 2.22. The predicted octanol–water partition coefficient (Wildman–Crippen LogP) is 2.53. The van der Waals surface area contributed by atoms with E-state index in [-0.39, 0.29) is 5.92 Å². The molecule has 0 saturated heterocycles. The lowest BCUT2D eigenvalue weighted by atomic mass is 9.88. The van der Waals surface area contributed by atoms with Crippen molar-refractivity contribution >= 4 is 0 Å². The van der Waals surface area contributed by atoms with Crippen molar-refractivity contribution < 1.29 is 4.42 Å². The van der Waals surface area contributed by atoms with Crippen molar-refractivity contribution in [2.45, 2.75) is 32.1 Å². The Labute approximate surface area is 71.8 Å². The smallest absolute Gasteiger partial charge is 0.108 e. The third kappa shape index (κ3) is 1.02. The zero-order chi connectivity index (χ0) is 8.55. The van der Waals surface area contributed by atoms with E-state index >= 15 is 0 Å². The number of fused-ring (bicyclic) bond motifs is 1. The van der Waals surface area contributed by atoms with E-state index in [1.54, 1.807) is 0 Å². The second kappa shape index (κ2) is 2.67. The molecule has 1 aliphatic carbocycles. The summed E-state index contributed by atoms with van der Waals surface area (Å²) in [6.07, 6.45) is 3.07. The molecule has 0 radical (unpaired) electrons. The summed E-state index contributed by atoms with van der Waals surface area (Å²) in [6, 6.07) is 4.32. The molecular weight excluding hydrogens is 150 g/mol. The highest BCUT2D eigenvalue weighted by molar-refractivity contribution is 5.31. The molecule has 1 aromatic rings. The lowest BCUT2D eigenvalue weighted by Crippen LogP contribution is -2.04. The zero-order valence-corrected chi connectivity index (χ0v) is 7.13. The Balaban J connectivity index is 2.45. The van der Waals surface area contributed by atoms with Crippen LogP contribution in [-0.4, -0.2) is 0 Å². The maximum atomic E-state index is 8.86. The molecule has 1 unspecified atom stereocenters. The first-order valence-electron chi connectivity index (χ1n) is 4.30. The van der Waals surface area contributed by atoms with Crippen LogP contribution in [-0.2, 0) is 6.42 Å². The van der Waals surface area contributed by atoms with Gasteiger partial charge >= 0.3 is 0 Å². The lowest BCUT2D eigenvalue weighted by molar-refractivity contribution is 0.451. The van der Waals surface area contributed by atoms with E-state index in [0.717, 1.165) is 36.3 Å². The minimum Gasteiger partial charge on any atom is -0.466 e. The number of rotatable bonds is 0. The molecule has 2 rings (SSSR count). The molecule has 0 fully saturated rings. The van der Waals surface area contributed by atoms with Gasteiger partial charge in [-0.1, -0.05) is 0 Å². The molecule has 0 spiro atoms. The van der Waals surface area contributed by atoms with Crippen molar-refractivity contribution in [2.75, 3.05) is 0 Å². The minimum absolute atomic E-state index is 0.0752. The fourth-order valence-electron chi connectivity index (χ4n) is 1.83. The van der Waals surface area contributed by atoms with Crippen molar-refractivity contribution in [2.24, 2.45) is 0 Å². The van der Waals surface area contributed by atoms with E-state index in [1.165, 1.54) is 0 Å². The van der Waals surface area contributed by atoms with Gasteiger partial charge in [-0.25, -0.2) is 0 Å². The van der Waals surface area contributed by atoms with Crippen molar-refractivity contribution in [1.82, 2.24) is 0 Å². The summed E-state index contributed by atoms with van der Waals surface area (Å²) in [5.74, 6) is 2.04. The summed E-state index contributed by atoms with van der Waals surface area (Å²) >= 11 is 0. The number of nitrogens with zero attached hydrogens (tertiary/aromatic N) is 1. The van der Waals surface area contributed by atoms with Gasteiger partial charge in [0.15, 0.2) is 0 Å². The van der Waals surface area contributed by atoms with Gasteiger partial charge in [0.05, 0.1) is 12.0 Å². The van der Waals surface area contributed by atoms with Crippen molar-refractivity contribution in [3.05, 3.63) is 23.2 Å². The quantitative estimate of drug-likeness (QED) is 0.586. The Morgan fingerprint density at radius 2 is 2.50 bits per heavy atom. The fraction of sp³-hybridized carbons (Fsp3) is 0.500. The Morgan fingerprint density at radius 3 is 3.25 bits per heavy atom. The maximum Gasteiger partial charge on any atom is 0.108 e. The normalized spacial score (nSPS) is 21.5. The molecule has 62 valence electrons. The number of aryl methyl sites for hydroxylation is 2. The van der Waals surface area contributed by atoms with Gasteiger partial charge in [-0.05, 0) is 25.8 Å². The average Bonchev–Trinajstić information content (AvgIpc) is 2.44. The van der Waals surface area contributed by atoms with Crippen LogP contribution in [0.2, 0.25) is 0 Å². The molecule has 1 aromatic heterocycles. The first-order valence-corrected chi connectivity index (χ1v) is 4.30. The van der Waals surface area contributed by atoms with Crippen LogP contribution in [0.4, 0.5) is 0 Å². The number of hydrogen-bond donors (Lipinski definition) is 0. The van der Waals surface area contributed by atoms with Gasteiger partial charge in [0.2, 0.25) is 0 Å². The van der Waals surface area contributed by atoms with Crippen molar-refractivity contribution in [1.29, 1.82) is 5.26 Å². The summed E-state index contributed by atoms with van der Waals surface area (Å²) in [4.78, 5) is 0. The van der Waals surface area contributed by atoms with Gasteiger partial charge in [-0.3, -0.25) is 0 Å². The van der Waals surface area contributed by atoms with E-state index < -0.39 is 0 Å². The topological polar surface area (TPSA) is 36.9 Å². The van der Waals surface area contributed by atoms with E-state index in [2.05, 4.69) is 6.07 Å².